The second-order valence-corrected chi connectivity index (χ2v) is 5.47. The van der Waals surface area contributed by atoms with E-state index in [1.807, 2.05) is 25.5 Å². The fraction of sp³-hybridized carbons (Fsp3) is 0.625. The molecular weight excluding hydrogens is 248 g/mol. The van der Waals surface area contributed by atoms with Gasteiger partial charge in [0.25, 0.3) is 0 Å². The molecule has 1 saturated heterocycles. The van der Waals surface area contributed by atoms with E-state index in [0.29, 0.717) is 0 Å². The summed E-state index contributed by atoms with van der Waals surface area (Å²) in [6.45, 7) is 5.47. The Morgan fingerprint density at radius 3 is 3.15 bits per heavy atom. The fourth-order valence-electron chi connectivity index (χ4n) is 2.87. The first-order chi connectivity index (χ1) is 9.83. The second-order valence-electron chi connectivity index (χ2n) is 5.47. The fourth-order valence-corrected chi connectivity index (χ4v) is 2.87. The summed E-state index contributed by atoms with van der Waals surface area (Å²) in [5, 5.41) is 3.47. The van der Waals surface area contributed by atoms with Gasteiger partial charge in [-0.1, -0.05) is 19.4 Å². The summed E-state index contributed by atoms with van der Waals surface area (Å²) in [5.41, 5.74) is 1.26. The first kappa shape index (κ1) is 14.8. The van der Waals surface area contributed by atoms with Crippen LogP contribution in [0.1, 0.15) is 31.7 Å². The van der Waals surface area contributed by atoms with Crippen LogP contribution in [0.2, 0.25) is 0 Å². The Morgan fingerprint density at radius 2 is 2.45 bits per heavy atom. The number of likely N-dealkylation sites (tertiary alicyclic amines) is 1. The number of aliphatic imine (C=N–C) groups is 1. The van der Waals surface area contributed by atoms with Crippen molar-refractivity contribution >= 4 is 5.96 Å². The highest BCUT2D eigenvalue weighted by molar-refractivity contribution is 5.80. The number of pyridine rings is 1. The molecule has 4 heteroatoms. The van der Waals surface area contributed by atoms with E-state index < -0.39 is 0 Å². The third kappa shape index (κ3) is 4.22. The van der Waals surface area contributed by atoms with Crippen molar-refractivity contribution in [2.45, 2.75) is 32.6 Å². The van der Waals surface area contributed by atoms with E-state index in [-0.39, 0.29) is 0 Å². The van der Waals surface area contributed by atoms with Gasteiger partial charge in [-0.25, -0.2) is 0 Å². The Kier molecular flexibility index (Phi) is 5.84. The Morgan fingerprint density at radius 1 is 1.55 bits per heavy atom. The minimum atomic E-state index is 0.844. The van der Waals surface area contributed by atoms with Crippen molar-refractivity contribution in [1.82, 2.24) is 15.2 Å². The number of nitrogens with one attached hydrogen (secondary N) is 1. The molecule has 2 heterocycles. The summed E-state index contributed by atoms with van der Waals surface area (Å²) < 4.78 is 0. The zero-order valence-electron chi connectivity index (χ0n) is 12.7. The van der Waals surface area contributed by atoms with Crippen LogP contribution < -0.4 is 5.32 Å². The molecular formula is C16H26N4. The molecule has 1 aliphatic rings. The number of hydrogen-bond donors (Lipinski definition) is 1. The lowest BCUT2D eigenvalue weighted by Gasteiger charge is -2.21. The average Bonchev–Trinajstić information content (AvgIpc) is 2.94. The molecule has 20 heavy (non-hydrogen) atoms. The van der Waals surface area contributed by atoms with Gasteiger partial charge >= 0.3 is 0 Å². The van der Waals surface area contributed by atoms with Crippen LogP contribution in [-0.4, -0.2) is 42.5 Å². The highest BCUT2D eigenvalue weighted by Gasteiger charge is 2.23. The number of nitrogens with zero attached hydrogens (tertiary/aromatic N) is 3. The quantitative estimate of drug-likeness (QED) is 0.662. The highest BCUT2D eigenvalue weighted by atomic mass is 15.3. The van der Waals surface area contributed by atoms with Crippen molar-refractivity contribution < 1.29 is 0 Å². The maximum atomic E-state index is 4.41. The highest BCUT2D eigenvalue weighted by Crippen LogP contribution is 2.20. The van der Waals surface area contributed by atoms with Crippen LogP contribution >= 0.6 is 0 Å². The molecule has 1 aromatic rings. The van der Waals surface area contributed by atoms with Crippen molar-refractivity contribution in [3.05, 3.63) is 30.1 Å². The van der Waals surface area contributed by atoms with Gasteiger partial charge < -0.3 is 10.2 Å². The van der Waals surface area contributed by atoms with Crippen molar-refractivity contribution in [2.24, 2.45) is 10.9 Å². The van der Waals surface area contributed by atoms with Crippen molar-refractivity contribution in [3.63, 3.8) is 0 Å². The van der Waals surface area contributed by atoms with Crippen LogP contribution in [0.25, 0.3) is 0 Å². The summed E-state index contributed by atoms with van der Waals surface area (Å²) >= 11 is 0. The second kappa shape index (κ2) is 7.88. The molecule has 0 aromatic carbocycles. The SMILES string of the molecule is CCCC1CCN(C(=NC)NCCc2cccnc2)C1. The molecule has 0 bridgehead atoms. The summed E-state index contributed by atoms with van der Waals surface area (Å²) in [5.74, 6) is 1.89. The van der Waals surface area contributed by atoms with Crippen LogP contribution in [0.15, 0.2) is 29.5 Å². The lowest BCUT2D eigenvalue weighted by molar-refractivity contribution is 0.445. The van der Waals surface area contributed by atoms with E-state index in [1.165, 1.54) is 24.8 Å². The van der Waals surface area contributed by atoms with Gasteiger partial charge in [-0.15, -0.1) is 0 Å². The van der Waals surface area contributed by atoms with Crippen LogP contribution in [0.5, 0.6) is 0 Å². The molecule has 1 atom stereocenters. The minimum absolute atomic E-state index is 0.844. The lowest BCUT2D eigenvalue weighted by Crippen LogP contribution is -2.40. The summed E-state index contributed by atoms with van der Waals surface area (Å²) in [6, 6.07) is 4.10. The topological polar surface area (TPSA) is 40.5 Å². The van der Waals surface area contributed by atoms with Gasteiger partial charge in [0.05, 0.1) is 0 Å². The zero-order chi connectivity index (χ0) is 14.2. The van der Waals surface area contributed by atoms with Gasteiger partial charge in [-0.2, -0.15) is 0 Å². The summed E-state index contributed by atoms with van der Waals surface area (Å²) in [7, 11) is 1.87. The molecule has 0 radical (unpaired) electrons. The standard InChI is InChI=1S/C16H26N4/c1-3-5-15-8-11-20(13-15)16(17-2)19-10-7-14-6-4-9-18-12-14/h4,6,9,12,15H,3,5,7-8,10-11,13H2,1-2H3,(H,17,19). The third-order valence-corrected chi connectivity index (χ3v) is 3.91. The average molecular weight is 274 g/mol. The van der Waals surface area contributed by atoms with Crippen LogP contribution in [0, 0.1) is 5.92 Å². The first-order valence-corrected chi connectivity index (χ1v) is 7.68. The number of rotatable bonds is 5. The van der Waals surface area contributed by atoms with Gasteiger partial charge in [0, 0.05) is 39.1 Å². The van der Waals surface area contributed by atoms with Gasteiger partial charge in [0.1, 0.15) is 0 Å². The third-order valence-electron chi connectivity index (χ3n) is 3.91. The summed E-state index contributed by atoms with van der Waals surface area (Å²) in [4.78, 5) is 10.9. The van der Waals surface area contributed by atoms with Gasteiger partial charge in [-0.3, -0.25) is 9.98 Å². The molecule has 4 nitrogen and oxygen atoms in total. The molecule has 1 aliphatic heterocycles. The molecule has 110 valence electrons. The normalized spacial score (nSPS) is 19.4. The van der Waals surface area contributed by atoms with E-state index in [1.54, 1.807) is 0 Å². The Bertz CT molecular complexity index is 416. The van der Waals surface area contributed by atoms with Crippen LogP contribution in [0.3, 0.4) is 0 Å². The molecule has 1 aromatic heterocycles. The molecule has 1 N–H and O–H groups in total. The van der Waals surface area contributed by atoms with E-state index in [2.05, 4.69) is 33.2 Å². The number of guanidine groups is 1. The zero-order valence-corrected chi connectivity index (χ0v) is 12.7. The smallest absolute Gasteiger partial charge is 0.193 e. The van der Waals surface area contributed by atoms with Gasteiger partial charge in [0.15, 0.2) is 5.96 Å². The Balaban J connectivity index is 1.76. The largest absolute Gasteiger partial charge is 0.356 e. The maximum absolute atomic E-state index is 4.41. The van der Waals surface area contributed by atoms with Gasteiger partial charge in [-0.05, 0) is 36.8 Å². The predicted molar refractivity (Wildman–Crippen MR) is 83.9 cm³/mol. The Hall–Kier alpha value is -1.58. The first-order valence-electron chi connectivity index (χ1n) is 7.68. The molecule has 0 saturated carbocycles. The number of hydrogen-bond acceptors (Lipinski definition) is 2. The van der Waals surface area contributed by atoms with Crippen molar-refractivity contribution in [1.29, 1.82) is 0 Å². The minimum Gasteiger partial charge on any atom is -0.356 e. The molecule has 1 fully saturated rings. The monoisotopic (exact) mass is 274 g/mol. The number of aromatic nitrogens is 1. The van der Waals surface area contributed by atoms with E-state index in [9.17, 15) is 0 Å². The molecule has 2 rings (SSSR count). The molecule has 0 amide bonds. The maximum Gasteiger partial charge on any atom is 0.193 e. The molecule has 0 spiro atoms. The lowest BCUT2D eigenvalue weighted by atomic mass is 10.0. The molecule has 1 unspecified atom stereocenters. The summed E-state index contributed by atoms with van der Waals surface area (Å²) in [6.07, 6.45) is 8.65. The van der Waals surface area contributed by atoms with Crippen LogP contribution in [0.4, 0.5) is 0 Å². The Labute approximate surface area is 122 Å². The van der Waals surface area contributed by atoms with E-state index >= 15 is 0 Å². The van der Waals surface area contributed by atoms with Crippen molar-refractivity contribution in [2.75, 3.05) is 26.7 Å². The predicted octanol–water partition coefficient (Wildman–Crippen LogP) is 2.32. The van der Waals surface area contributed by atoms with Crippen molar-refractivity contribution in [3.8, 4) is 0 Å². The van der Waals surface area contributed by atoms with E-state index in [4.69, 9.17) is 0 Å². The molecule has 0 aliphatic carbocycles. The van der Waals surface area contributed by atoms with E-state index in [0.717, 1.165) is 37.9 Å². The van der Waals surface area contributed by atoms with Gasteiger partial charge in [0.2, 0.25) is 0 Å². The van der Waals surface area contributed by atoms with Crippen LogP contribution in [-0.2, 0) is 6.42 Å².